The largest absolute Gasteiger partial charge is 0.467 e. The van der Waals surface area contributed by atoms with E-state index in [4.69, 9.17) is 9.47 Å². The highest BCUT2D eigenvalue weighted by molar-refractivity contribution is 6.16. The maximum absolute atomic E-state index is 13.8. The number of carbonyl (C=O) groups is 4. The number of para-hydroxylation sites is 1. The number of hydrogen-bond acceptors (Lipinski definition) is 6. The first kappa shape index (κ1) is 25.7. The van der Waals surface area contributed by atoms with Gasteiger partial charge in [-0.05, 0) is 38.5 Å². The van der Waals surface area contributed by atoms with Gasteiger partial charge in [-0.1, -0.05) is 48.5 Å². The molecule has 1 aliphatic rings. The van der Waals surface area contributed by atoms with Gasteiger partial charge in [0.25, 0.3) is 0 Å². The molecule has 1 saturated heterocycles. The fourth-order valence-electron chi connectivity index (χ4n) is 3.94. The zero-order chi connectivity index (χ0) is 25.6. The SMILES string of the molecule is COC(=O)[C@H](Cc1ccccc1)N1C(=O)N(c2ccccc2)C(=O)C[C@@H]1CNC(=O)OC(C)(C)C. The molecule has 1 heterocycles. The number of hydrogen-bond donors (Lipinski definition) is 1. The third-order valence-corrected chi connectivity index (χ3v) is 5.44. The molecule has 0 saturated carbocycles. The van der Waals surface area contributed by atoms with Crippen LogP contribution in [0.5, 0.6) is 0 Å². The summed E-state index contributed by atoms with van der Waals surface area (Å²) in [5.74, 6) is -1.05. The third kappa shape index (κ3) is 6.59. The summed E-state index contributed by atoms with van der Waals surface area (Å²) < 4.78 is 10.3. The number of carbonyl (C=O) groups excluding carboxylic acids is 4. The first-order chi connectivity index (χ1) is 16.6. The molecular weight excluding hydrogens is 450 g/mol. The van der Waals surface area contributed by atoms with Crippen molar-refractivity contribution in [1.29, 1.82) is 0 Å². The summed E-state index contributed by atoms with van der Waals surface area (Å²) >= 11 is 0. The molecule has 2 aromatic rings. The van der Waals surface area contributed by atoms with E-state index in [0.717, 1.165) is 10.5 Å². The fraction of sp³-hybridized carbons (Fsp3) is 0.385. The quantitative estimate of drug-likeness (QED) is 0.607. The maximum Gasteiger partial charge on any atom is 0.407 e. The van der Waals surface area contributed by atoms with Gasteiger partial charge in [-0.15, -0.1) is 0 Å². The molecule has 0 bridgehead atoms. The number of imide groups is 1. The van der Waals surface area contributed by atoms with Gasteiger partial charge in [0.05, 0.1) is 18.8 Å². The molecule has 2 atom stereocenters. The molecular formula is C26H31N3O6. The van der Waals surface area contributed by atoms with Crippen molar-refractivity contribution >= 4 is 29.7 Å². The van der Waals surface area contributed by atoms with E-state index < -0.39 is 41.7 Å². The summed E-state index contributed by atoms with van der Waals surface area (Å²) in [4.78, 5) is 54.4. The minimum atomic E-state index is -1.01. The predicted octanol–water partition coefficient (Wildman–Crippen LogP) is 3.52. The Balaban J connectivity index is 1.95. The Labute approximate surface area is 205 Å². The minimum absolute atomic E-state index is 0.0721. The standard InChI is InChI=1S/C26H31N3O6/c1-26(2,3)35-24(32)27-17-20-16-22(30)29(19-13-9-6-10-14-19)25(33)28(20)21(23(31)34-4)15-18-11-7-5-8-12-18/h5-14,20-21H,15-17H2,1-4H3,(H,27,32)/t20-,21+/m1/s1. The molecule has 186 valence electrons. The van der Waals surface area contributed by atoms with Gasteiger partial charge in [-0.3, -0.25) is 4.79 Å². The summed E-state index contributed by atoms with van der Waals surface area (Å²) in [5, 5.41) is 2.63. The van der Waals surface area contributed by atoms with E-state index in [-0.39, 0.29) is 19.4 Å². The second-order valence-corrected chi connectivity index (χ2v) is 9.22. The average molecular weight is 482 g/mol. The zero-order valence-electron chi connectivity index (χ0n) is 20.4. The van der Waals surface area contributed by atoms with Crippen LogP contribution in [-0.2, 0) is 25.5 Å². The van der Waals surface area contributed by atoms with Gasteiger partial charge in [-0.2, -0.15) is 0 Å². The van der Waals surface area contributed by atoms with Crippen molar-refractivity contribution in [3.8, 4) is 0 Å². The lowest BCUT2D eigenvalue weighted by atomic mass is 9.99. The Bertz CT molecular complexity index is 1050. The fourth-order valence-corrected chi connectivity index (χ4v) is 3.94. The first-order valence-corrected chi connectivity index (χ1v) is 11.4. The second kappa shape index (κ2) is 11.0. The number of rotatable bonds is 7. The molecule has 1 fully saturated rings. The normalized spacial score (nSPS) is 17.1. The first-order valence-electron chi connectivity index (χ1n) is 11.4. The van der Waals surface area contributed by atoms with Crippen LogP contribution in [0.15, 0.2) is 60.7 Å². The Hall–Kier alpha value is -3.88. The van der Waals surface area contributed by atoms with Crippen LogP contribution in [0.1, 0.15) is 32.8 Å². The van der Waals surface area contributed by atoms with Crippen LogP contribution in [0.3, 0.4) is 0 Å². The van der Waals surface area contributed by atoms with Gasteiger partial charge in [0.15, 0.2) is 0 Å². The van der Waals surface area contributed by atoms with Crippen molar-refractivity contribution in [3.05, 3.63) is 66.2 Å². The Morgan fingerprint density at radius 2 is 1.63 bits per heavy atom. The van der Waals surface area contributed by atoms with Crippen LogP contribution in [0.25, 0.3) is 0 Å². The van der Waals surface area contributed by atoms with Crippen molar-refractivity contribution in [2.24, 2.45) is 0 Å². The summed E-state index contributed by atoms with van der Waals surface area (Å²) in [7, 11) is 1.25. The number of nitrogens with one attached hydrogen (secondary N) is 1. The molecule has 1 aliphatic heterocycles. The van der Waals surface area contributed by atoms with Crippen LogP contribution in [0, 0.1) is 0 Å². The Morgan fingerprint density at radius 1 is 1.03 bits per heavy atom. The Kier molecular flexibility index (Phi) is 8.11. The van der Waals surface area contributed by atoms with Crippen molar-refractivity contribution in [3.63, 3.8) is 0 Å². The zero-order valence-corrected chi connectivity index (χ0v) is 20.4. The van der Waals surface area contributed by atoms with Crippen molar-refractivity contribution in [1.82, 2.24) is 10.2 Å². The molecule has 0 aliphatic carbocycles. The summed E-state index contributed by atoms with van der Waals surface area (Å²) in [5.41, 5.74) is 0.501. The topological polar surface area (TPSA) is 105 Å². The highest BCUT2D eigenvalue weighted by atomic mass is 16.6. The smallest absolute Gasteiger partial charge is 0.407 e. The predicted molar refractivity (Wildman–Crippen MR) is 130 cm³/mol. The van der Waals surface area contributed by atoms with Crippen molar-refractivity contribution in [2.45, 2.75) is 51.3 Å². The molecule has 1 N–H and O–H groups in total. The molecule has 4 amide bonds. The van der Waals surface area contributed by atoms with Crippen LogP contribution < -0.4 is 10.2 Å². The molecule has 0 spiro atoms. The van der Waals surface area contributed by atoms with Gasteiger partial charge in [0, 0.05) is 19.4 Å². The van der Waals surface area contributed by atoms with E-state index in [2.05, 4.69) is 5.32 Å². The van der Waals surface area contributed by atoms with Gasteiger partial charge in [0.2, 0.25) is 5.91 Å². The average Bonchev–Trinajstić information content (AvgIpc) is 2.81. The monoisotopic (exact) mass is 481 g/mol. The summed E-state index contributed by atoms with van der Waals surface area (Å²) in [6.45, 7) is 5.13. The number of methoxy groups -OCH3 is 1. The van der Waals surface area contributed by atoms with Gasteiger partial charge in [-0.25, -0.2) is 19.3 Å². The van der Waals surface area contributed by atoms with Crippen molar-refractivity contribution < 1.29 is 28.7 Å². The number of alkyl carbamates (subject to hydrolysis) is 1. The molecule has 0 unspecified atom stereocenters. The lowest BCUT2D eigenvalue weighted by molar-refractivity contribution is -0.147. The van der Waals surface area contributed by atoms with Crippen LogP contribution in [0.4, 0.5) is 15.3 Å². The molecule has 0 aromatic heterocycles. The van der Waals surface area contributed by atoms with Crippen molar-refractivity contribution in [2.75, 3.05) is 18.6 Å². The van der Waals surface area contributed by atoms with E-state index >= 15 is 0 Å². The lowest BCUT2D eigenvalue weighted by Crippen LogP contribution is -2.64. The van der Waals surface area contributed by atoms with Gasteiger partial charge >= 0.3 is 18.1 Å². The highest BCUT2D eigenvalue weighted by Crippen LogP contribution is 2.27. The Morgan fingerprint density at radius 3 is 2.20 bits per heavy atom. The third-order valence-electron chi connectivity index (χ3n) is 5.44. The number of anilines is 1. The minimum Gasteiger partial charge on any atom is -0.467 e. The summed E-state index contributed by atoms with van der Waals surface area (Å²) in [6.07, 6.45) is -0.599. The van der Waals surface area contributed by atoms with E-state index in [0.29, 0.717) is 5.69 Å². The molecule has 0 radical (unpaired) electrons. The molecule has 2 aromatic carbocycles. The number of urea groups is 1. The van der Waals surface area contributed by atoms with Crippen LogP contribution >= 0.6 is 0 Å². The lowest BCUT2D eigenvalue weighted by Gasteiger charge is -2.43. The number of ether oxygens (including phenoxy) is 2. The maximum atomic E-state index is 13.8. The van der Waals surface area contributed by atoms with Crippen LogP contribution in [-0.4, -0.2) is 60.2 Å². The molecule has 35 heavy (non-hydrogen) atoms. The van der Waals surface area contributed by atoms with E-state index in [1.54, 1.807) is 51.1 Å². The number of nitrogens with zero attached hydrogens (tertiary/aromatic N) is 2. The molecule has 9 heteroatoms. The molecule has 9 nitrogen and oxygen atoms in total. The van der Waals surface area contributed by atoms with E-state index in [9.17, 15) is 19.2 Å². The number of esters is 1. The molecule has 3 rings (SSSR count). The van der Waals surface area contributed by atoms with Crippen LogP contribution in [0.2, 0.25) is 0 Å². The van der Waals surface area contributed by atoms with Gasteiger partial charge in [0.1, 0.15) is 11.6 Å². The van der Waals surface area contributed by atoms with Gasteiger partial charge < -0.3 is 19.7 Å². The van der Waals surface area contributed by atoms with E-state index in [1.807, 2.05) is 30.3 Å². The number of benzene rings is 2. The summed E-state index contributed by atoms with van der Waals surface area (Å²) in [6, 6.07) is 15.3. The second-order valence-electron chi connectivity index (χ2n) is 9.22. The van der Waals surface area contributed by atoms with E-state index in [1.165, 1.54) is 12.0 Å². The highest BCUT2D eigenvalue weighted by Gasteiger charge is 2.45. The number of amides is 4.